The molecule has 1 aromatic rings. The van der Waals surface area contributed by atoms with E-state index in [0.29, 0.717) is 11.3 Å². The lowest BCUT2D eigenvalue weighted by Gasteiger charge is -2.06. The Morgan fingerprint density at radius 3 is 2.88 bits per heavy atom. The van der Waals surface area contributed by atoms with Crippen molar-refractivity contribution < 1.29 is 9.53 Å². The normalized spacial score (nSPS) is 8.88. The zero-order chi connectivity index (χ0) is 11.8. The molecule has 0 unspecified atom stereocenters. The van der Waals surface area contributed by atoms with E-state index in [1.54, 1.807) is 18.2 Å². The van der Waals surface area contributed by atoms with Gasteiger partial charge in [0.25, 0.3) is 5.91 Å². The van der Waals surface area contributed by atoms with Crippen LogP contribution in [-0.2, 0) is 4.79 Å². The Morgan fingerprint density at radius 2 is 2.19 bits per heavy atom. The first-order valence-electron chi connectivity index (χ1n) is 4.68. The first kappa shape index (κ1) is 12.0. The third-order valence-corrected chi connectivity index (χ3v) is 1.73. The van der Waals surface area contributed by atoms with Gasteiger partial charge >= 0.3 is 0 Å². The van der Waals surface area contributed by atoms with E-state index in [2.05, 4.69) is 11.8 Å². The highest BCUT2D eigenvalue weighted by Crippen LogP contribution is 2.16. The number of nitrogens with two attached hydrogens (primary N) is 2. The van der Waals surface area contributed by atoms with Gasteiger partial charge in [-0.15, -0.1) is 0 Å². The van der Waals surface area contributed by atoms with Crippen molar-refractivity contribution in [2.75, 3.05) is 13.2 Å². The topological polar surface area (TPSA) is 90.4 Å². The fourth-order valence-corrected chi connectivity index (χ4v) is 1.03. The van der Waals surface area contributed by atoms with Crippen molar-refractivity contribution in [3.63, 3.8) is 0 Å². The highest BCUT2D eigenvalue weighted by Gasteiger charge is 2.03. The van der Waals surface area contributed by atoms with Crippen molar-refractivity contribution in [3.8, 4) is 17.6 Å². The van der Waals surface area contributed by atoms with Crippen LogP contribution in [0.4, 0.5) is 0 Å². The molecule has 0 aliphatic rings. The van der Waals surface area contributed by atoms with Gasteiger partial charge in [0.05, 0.1) is 12.1 Å². The highest BCUT2D eigenvalue weighted by molar-refractivity contribution is 5.76. The second-order valence-electron chi connectivity index (χ2n) is 2.86. The second kappa shape index (κ2) is 6.45. The lowest BCUT2D eigenvalue weighted by molar-refractivity contribution is -0.123. The molecule has 1 aromatic carbocycles. The van der Waals surface area contributed by atoms with Crippen molar-refractivity contribution in [1.29, 1.82) is 0 Å². The van der Waals surface area contributed by atoms with Gasteiger partial charge in [-0.05, 0) is 12.1 Å². The van der Waals surface area contributed by atoms with E-state index in [4.69, 9.17) is 16.3 Å². The van der Waals surface area contributed by atoms with E-state index in [0.717, 1.165) is 0 Å². The molecular weight excluding hydrogens is 206 g/mol. The maximum Gasteiger partial charge on any atom is 0.271 e. The summed E-state index contributed by atoms with van der Waals surface area (Å²) in [6, 6.07) is 7.14. The molecule has 0 heterocycles. The highest BCUT2D eigenvalue weighted by atomic mass is 16.5. The summed E-state index contributed by atoms with van der Waals surface area (Å²) in [4.78, 5) is 10.9. The van der Waals surface area contributed by atoms with Gasteiger partial charge in [-0.25, -0.2) is 5.84 Å². The zero-order valence-electron chi connectivity index (χ0n) is 8.69. The summed E-state index contributed by atoms with van der Waals surface area (Å²) in [6.07, 6.45) is 0. The molecule has 0 spiro atoms. The van der Waals surface area contributed by atoms with Gasteiger partial charge in [0, 0.05) is 0 Å². The Labute approximate surface area is 93.7 Å². The number of hydrazine groups is 1. The van der Waals surface area contributed by atoms with Gasteiger partial charge in [0.15, 0.2) is 6.61 Å². The van der Waals surface area contributed by atoms with Crippen molar-refractivity contribution in [1.82, 2.24) is 5.43 Å². The van der Waals surface area contributed by atoms with E-state index in [1.807, 2.05) is 11.5 Å². The van der Waals surface area contributed by atoms with Crippen molar-refractivity contribution >= 4 is 5.91 Å². The summed E-state index contributed by atoms with van der Waals surface area (Å²) >= 11 is 0. The number of ether oxygens (including phenoxy) is 1. The minimum atomic E-state index is -0.401. The van der Waals surface area contributed by atoms with Crippen molar-refractivity contribution in [2.24, 2.45) is 11.6 Å². The average molecular weight is 219 g/mol. The summed E-state index contributed by atoms with van der Waals surface area (Å²) in [5.41, 5.74) is 7.95. The van der Waals surface area contributed by atoms with Crippen LogP contribution in [0.3, 0.4) is 0 Å². The number of carbonyl (C=O) groups excluding carboxylic acids is 1. The molecule has 0 fully saturated rings. The van der Waals surface area contributed by atoms with Gasteiger partial charge in [0.2, 0.25) is 0 Å². The molecule has 0 aliphatic heterocycles. The number of carbonyl (C=O) groups is 1. The molecule has 0 saturated heterocycles. The molecular formula is C11H13N3O2. The molecule has 0 aliphatic carbocycles. The maximum absolute atomic E-state index is 10.9. The largest absolute Gasteiger partial charge is 0.482 e. The molecule has 84 valence electrons. The number of para-hydroxylation sites is 1. The maximum atomic E-state index is 10.9. The SMILES string of the molecule is NCC#Cc1ccccc1OCC(=O)NN. The molecule has 5 N–H and O–H groups in total. The number of benzene rings is 1. The molecule has 0 atom stereocenters. The number of hydrogen-bond donors (Lipinski definition) is 3. The molecule has 0 aromatic heterocycles. The molecule has 0 bridgehead atoms. The van der Waals surface area contributed by atoms with Crippen molar-refractivity contribution in [3.05, 3.63) is 29.8 Å². The summed E-state index contributed by atoms with van der Waals surface area (Å²) < 4.78 is 5.25. The third kappa shape index (κ3) is 3.61. The Morgan fingerprint density at radius 1 is 1.44 bits per heavy atom. The van der Waals surface area contributed by atoms with E-state index in [1.165, 1.54) is 0 Å². The summed E-state index contributed by atoms with van der Waals surface area (Å²) in [5.74, 6) is 10.6. The molecule has 16 heavy (non-hydrogen) atoms. The lowest BCUT2D eigenvalue weighted by Crippen LogP contribution is -2.34. The van der Waals surface area contributed by atoms with Gasteiger partial charge in [0.1, 0.15) is 5.75 Å². The Kier molecular flexibility index (Phi) is 4.86. The van der Waals surface area contributed by atoms with Crippen LogP contribution in [0.25, 0.3) is 0 Å². The average Bonchev–Trinajstić information content (AvgIpc) is 2.34. The first-order valence-corrected chi connectivity index (χ1v) is 4.68. The van der Waals surface area contributed by atoms with Gasteiger partial charge in [-0.3, -0.25) is 10.2 Å². The van der Waals surface area contributed by atoms with Crippen LogP contribution < -0.4 is 21.7 Å². The van der Waals surface area contributed by atoms with E-state index < -0.39 is 5.91 Å². The fraction of sp³-hybridized carbons (Fsp3) is 0.182. The van der Waals surface area contributed by atoms with Crippen LogP contribution in [0.5, 0.6) is 5.75 Å². The second-order valence-corrected chi connectivity index (χ2v) is 2.86. The number of rotatable bonds is 3. The van der Waals surface area contributed by atoms with E-state index in [9.17, 15) is 4.79 Å². The van der Waals surface area contributed by atoms with Crippen LogP contribution >= 0.6 is 0 Å². The standard InChI is InChI=1S/C11H13N3O2/c12-7-3-5-9-4-1-2-6-10(9)16-8-11(15)14-13/h1-2,4,6H,7-8,12-13H2,(H,14,15). The molecule has 5 heteroatoms. The Balaban J connectivity index is 2.75. The minimum absolute atomic E-state index is 0.141. The first-order chi connectivity index (χ1) is 7.77. The Hall–Kier alpha value is -2.03. The summed E-state index contributed by atoms with van der Waals surface area (Å²) in [5, 5.41) is 0. The third-order valence-electron chi connectivity index (χ3n) is 1.73. The minimum Gasteiger partial charge on any atom is -0.482 e. The molecule has 0 saturated carbocycles. The summed E-state index contributed by atoms with van der Waals surface area (Å²) in [7, 11) is 0. The van der Waals surface area contributed by atoms with E-state index in [-0.39, 0.29) is 13.2 Å². The zero-order valence-corrected chi connectivity index (χ0v) is 8.69. The van der Waals surface area contributed by atoms with E-state index >= 15 is 0 Å². The molecule has 5 nitrogen and oxygen atoms in total. The monoisotopic (exact) mass is 219 g/mol. The van der Waals surface area contributed by atoms with Gasteiger partial charge in [-0.2, -0.15) is 0 Å². The quantitative estimate of drug-likeness (QED) is 0.273. The van der Waals surface area contributed by atoms with Crippen LogP contribution in [0.15, 0.2) is 24.3 Å². The van der Waals surface area contributed by atoms with Crippen molar-refractivity contribution in [2.45, 2.75) is 0 Å². The Bertz CT molecular complexity index is 421. The lowest BCUT2D eigenvalue weighted by atomic mass is 10.2. The number of nitrogens with one attached hydrogen (secondary N) is 1. The summed E-state index contributed by atoms with van der Waals surface area (Å²) in [6.45, 7) is 0.134. The predicted molar refractivity (Wildman–Crippen MR) is 60.2 cm³/mol. The van der Waals surface area contributed by atoms with Crippen LogP contribution in [0.2, 0.25) is 0 Å². The number of amides is 1. The fourth-order valence-electron chi connectivity index (χ4n) is 1.03. The molecule has 1 rings (SSSR count). The van der Waals surface area contributed by atoms with Crippen LogP contribution in [-0.4, -0.2) is 19.1 Å². The number of hydrogen-bond acceptors (Lipinski definition) is 4. The predicted octanol–water partition coefficient (Wildman–Crippen LogP) is -0.634. The van der Waals surface area contributed by atoms with Crippen LogP contribution in [0, 0.1) is 11.8 Å². The molecule has 0 radical (unpaired) electrons. The molecule has 1 amide bonds. The van der Waals surface area contributed by atoms with Gasteiger partial charge in [-0.1, -0.05) is 24.0 Å². The smallest absolute Gasteiger partial charge is 0.271 e. The van der Waals surface area contributed by atoms with Crippen LogP contribution in [0.1, 0.15) is 5.56 Å². The van der Waals surface area contributed by atoms with Gasteiger partial charge < -0.3 is 10.5 Å².